The zero-order chi connectivity index (χ0) is 19.5. The maximum absolute atomic E-state index is 12.2. The molecule has 7 heteroatoms. The number of amides is 2. The molecular weight excluding hydrogens is 346 g/mol. The number of rotatable bonds is 10. The molecule has 1 atom stereocenters. The molecule has 0 saturated carbocycles. The number of hydrogen-bond donors (Lipinski definition) is 2. The van der Waals surface area contributed by atoms with Gasteiger partial charge in [0.1, 0.15) is 6.10 Å². The van der Waals surface area contributed by atoms with Gasteiger partial charge in [-0.15, -0.1) is 6.58 Å². The van der Waals surface area contributed by atoms with Crippen molar-refractivity contribution in [1.82, 2.24) is 10.2 Å². The minimum absolute atomic E-state index is 0.123. The van der Waals surface area contributed by atoms with Crippen molar-refractivity contribution >= 4 is 17.5 Å². The van der Waals surface area contributed by atoms with E-state index in [1.54, 1.807) is 37.3 Å². The van der Waals surface area contributed by atoms with E-state index in [0.29, 0.717) is 30.8 Å². The smallest absolute Gasteiger partial charge is 0.253 e. The van der Waals surface area contributed by atoms with Crippen LogP contribution in [0.5, 0.6) is 0 Å². The first-order valence-electron chi connectivity index (χ1n) is 9.32. The molecule has 1 unspecified atom stereocenters. The van der Waals surface area contributed by atoms with Crippen molar-refractivity contribution in [2.45, 2.75) is 19.4 Å². The molecule has 1 aromatic carbocycles. The lowest BCUT2D eigenvalue weighted by atomic mass is 10.2. The summed E-state index contributed by atoms with van der Waals surface area (Å²) in [6.07, 6.45) is 1.90. The molecule has 1 aromatic rings. The van der Waals surface area contributed by atoms with Crippen molar-refractivity contribution in [3.8, 4) is 0 Å². The Hall–Kier alpha value is -2.22. The van der Waals surface area contributed by atoms with E-state index in [4.69, 9.17) is 9.47 Å². The Balaban J connectivity index is 1.73. The van der Waals surface area contributed by atoms with Gasteiger partial charge in [0.15, 0.2) is 0 Å². The third-order valence-electron chi connectivity index (χ3n) is 4.29. The van der Waals surface area contributed by atoms with E-state index in [9.17, 15) is 9.59 Å². The van der Waals surface area contributed by atoms with Gasteiger partial charge in [-0.1, -0.05) is 6.08 Å². The fourth-order valence-corrected chi connectivity index (χ4v) is 2.61. The standard InChI is InChI=1S/C20H29N3O4/c1-3-4-13-27-16(2)19(24)22-18-7-5-17(6-8-18)20(25)21-9-10-23-11-14-26-15-12-23/h3,5-8,16H,1,4,9-15H2,2H3,(H,21,25)(H,22,24). The van der Waals surface area contributed by atoms with Crippen molar-refractivity contribution in [3.05, 3.63) is 42.5 Å². The highest BCUT2D eigenvalue weighted by Crippen LogP contribution is 2.11. The van der Waals surface area contributed by atoms with E-state index < -0.39 is 6.10 Å². The molecular formula is C20H29N3O4. The van der Waals surface area contributed by atoms with Crippen molar-refractivity contribution in [3.63, 3.8) is 0 Å². The van der Waals surface area contributed by atoms with Gasteiger partial charge in [-0.25, -0.2) is 0 Å². The Kier molecular flexibility index (Phi) is 8.97. The van der Waals surface area contributed by atoms with Crippen LogP contribution in [-0.4, -0.2) is 68.8 Å². The van der Waals surface area contributed by atoms with E-state index in [-0.39, 0.29) is 11.8 Å². The molecule has 148 valence electrons. The summed E-state index contributed by atoms with van der Waals surface area (Å²) in [5, 5.41) is 5.70. The first kappa shape index (κ1) is 21.1. The van der Waals surface area contributed by atoms with E-state index in [2.05, 4.69) is 22.1 Å². The van der Waals surface area contributed by atoms with Crippen LogP contribution >= 0.6 is 0 Å². The minimum atomic E-state index is -0.548. The summed E-state index contributed by atoms with van der Waals surface area (Å²) in [7, 11) is 0. The van der Waals surface area contributed by atoms with Gasteiger partial charge < -0.3 is 20.1 Å². The summed E-state index contributed by atoms with van der Waals surface area (Å²) in [5.41, 5.74) is 1.19. The molecule has 2 N–H and O–H groups in total. The van der Waals surface area contributed by atoms with E-state index >= 15 is 0 Å². The number of ether oxygens (including phenoxy) is 2. The molecule has 1 aliphatic rings. The average molecular weight is 375 g/mol. The second-order valence-corrected chi connectivity index (χ2v) is 6.37. The first-order valence-corrected chi connectivity index (χ1v) is 9.32. The number of morpholine rings is 1. The predicted octanol–water partition coefficient (Wildman–Crippen LogP) is 1.67. The highest BCUT2D eigenvalue weighted by atomic mass is 16.5. The molecule has 0 aromatic heterocycles. The van der Waals surface area contributed by atoms with Gasteiger partial charge in [-0.05, 0) is 37.6 Å². The molecule has 27 heavy (non-hydrogen) atoms. The molecule has 0 aliphatic carbocycles. The fraction of sp³-hybridized carbons (Fsp3) is 0.500. The van der Waals surface area contributed by atoms with Crippen molar-refractivity contribution in [2.75, 3.05) is 51.3 Å². The molecule has 2 amide bonds. The lowest BCUT2D eigenvalue weighted by Crippen LogP contribution is -2.41. The zero-order valence-electron chi connectivity index (χ0n) is 15.9. The number of nitrogens with zero attached hydrogens (tertiary/aromatic N) is 1. The van der Waals surface area contributed by atoms with Crippen LogP contribution in [0.3, 0.4) is 0 Å². The van der Waals surface area contributed by atoms with Crippen LogP contribution in [0.25, 0.3) is 0 Å². The number of carbonyl (C=O) groups excluding carboxylic acids is 2. The van der Waals surface area contributed by atoms with Crippen LogP contribution in [-0.2, 0) is 14.3 Å². The average Bonchev–Trinajstić information content (AvgIpc) is 2.69. The van der Waals surface area contributed by atoms with E-state index in [1.165, 1.54) is 0 Å². The summed E-state index contributed by atoms with van der Waals surface area (Å²) in [6.45, 7) is 10.5. The second kappa shape index (κ2) is 11.5. The van der Waals surface area contributed by atoms with Crippen LogP contribution in [0.4, 0.5) is 5.69 Å². The normalized spacial score (nSPS) is 15.7. The quantitative estimate of drug-likeness (QED) is 0.480. The van der Waals surface area contributed by atoms with Crippen molar-refractivity contribution in [1.29, 1.82) is 0 Å². The topological polar surface area (TPSA) is 79.9 Å². The van der Waals surface area contributed by atoms with Gasteiger partial charge in [0, 0.05) is 37.4 Å². The van der Waals surface area contributed by atoms with Gasteiger partial charge in [0.2, 0.25) is 0 Å². The minimum Gasteiger partial charge on any atom is -0.379 e. The van der Waals surface area contributed by atoms with Crippen LogP contribution in [0.2, 0.25) is 0 Å². The Morgan fingerprint density at radius 1 is 1.30 bits per heavy atom. The molecule has 1 saturated heterocycles. The molecule has 7 nitrogen and oxygen atoms in total. The maximum atomic E-state index is 12.2. The first-order chi connectivity index (χ1) is 13.1. The van der Waals surface area contributed by atoms with Crippen LogP contribution in [0.15, 0.2) is 36.9 Å². The predicted molar refractivity (Wildman–Crippen MR) is 105 cm³/mol. The molecule has 1 fully saturated rings. The second-order valence-electron chi connectivity index (χ2n) is 6.37. The third-order valence-corrected chi connectivity index (χ3v) is 4.29. The van der Waals surface area contributed by atoms with Gasteiger partial charge in [0.25, 0.3) is 11.8 Å². The lowest BCUT2D eigenvalue weighted by molar-refractivity contribution is -0.126. The monoisotopic (exact) mass is 375 g/mol. The SMILES string of the molecule is C=CCCOC(C)C(=O)Nc1ccc(C(=O)NCCN2CCOCC2)cc1. The Morgan fingerprint density at radius 3 is 2.67 bits per heavy atom. The zero-order valence-corrected chi connectivity index (χ0v) is 15.9. The third kappa shape index (κ3) is 7.50. The highest BCUT2D eigenvalue weighted by Gasteiger charge is 2.14. The Labute approximate surface area is 160 Å². The van der Waals surface area contributed by atoms with Crippen LogP contribution < -0.4 is 10.6 Å². The van der Waals surface area contributed by atoms with E-state index in [0.717, 1.165) is 32.8 Å². The molecule has 2 rings (SSSR count). The van der Waals surface area contributed by atoms with E-state index in [1.807, 2.05) is 0 Å². The molecule has 0 bridgehead atoms. The van der Waals surface area contributed by atoms with Crippen molar-refractivity contribution < 1.29 is 19.1 Å². The largest absolute Gasteiger partial charge is 0.379 e. The Morgan fingerprint density at radius 2 is 2.00 bits per heavy atom. The van der Waals surface area contributed by atoms with Gasteiger partial charge in [-0.3, -0.25) is 14.5 Å². The number of carbonyl (C=O) groups is 2. The van der Waals surface area contributed by atoms with Crippen LogP contribution in [0.1, 0.15) is 23.7 Å². The van der Waals surface area contributed by atoms with Crippen molar-refractivity contribution in [2.24, 2.45) is 0 Å². The summed E-state index contributed by atoms with van der Waals surface area (Å²) in [6, 6.07) is 6.82. The maximum Gasteiger partial charge on any atom is 0.253 e. The summed E-state index contributed by atoms with van der Waals surface area (Å²) < 4.78 is 10.7. The molecule has 1 heterocycles. The van der Waals surface area contributed by atoms with Crippen LogP contribution in [0, 0.1) is 0 Å². The highest BCUT2D eigenvalue weighted by molar-refractivity contribution is 5.96. The number of anilines is 1. The number of hydrogen-bond acceptors (Lipinski definition) is 5. The number of benzene rings is 1. The molecule has 0 spiro atoms. The summed E-state index contributed by atoms with van der Waals surface area (Å²) >= 11 is 0. The molecule has 1 aliphatic heterocycles. The summed E-state index contributed by atoms with van der Waals surface area (Å²) in [4.78, 5) is 26.5. The van der Waals surface area contributed by atoms with Gasteiger partial charge in [0.05, 0.1) is 19.8 Å². The molecule has 0 radical (unpaired) electrons. The Bertz CT molecular complexity index is 612. The summed E-state index contributed by atoms with van der Waals surface area (Å²) in [5.74, 6) is -0.343. The fourth-order valence-electron chi connectivity index (χ4n) is 2.61. The number of nitrogens with one attached hydrogen (secondary N) is 2. The lowest BCUT2D eigenvalue weighted by Gasteiger charge is -2.26. The van der Waals surface area contributed by atoms with Gasteiger partial charge in [-0.2, -0.15) is 0 Å². The van der Waals surface area contributed by atoms with Gasteiger partial charge >= 0.3 is 0 Å².